The van der Waals surface area contributed by atoms with Crippen molar-refractivity contribution in [1.29, 1.82) is 0 Å². The van der Waals surface area contributed by atoms with Gasteiger partial charge in [0.25, 0.3) is 5.91 Å². The Kier molecular flexibility index (Phi) is 7.14. The van der Waals surface area contributed by atoms with Crippen LogP contribution in [0.2, 0.25) is 0 Å². The van der Waals surface area contributed by atoms with Gasteiger partial charge in [-0.2, -0.15) is 0 Å². The van der Waals surface area contributed by atoms with E-state index >= 15 is 0 Å². The molecule has 5 nitrogen and oxygen atoms in total. The number of pyridine rings is 1. The number of benzene rings is 2. The van der Waals surface area contributed by atoms with Gasteiger partial charge in [0.1, 0.15) is 6.10 Å². The molecule has 0 saturated heterocycles. The largest absolute Gasteiger partial charge is 0.472 e. The molecule has 1 unspecified atom stereocenters. The number of carbonyl (C=O) groups is 1. The maximum atomic E-state index is 12.5. The second kappa shape index (κ2) is 9.98. The quantitative estimate of drug-likeness (QED) is 0.332. The van der Waals surface area contributed by atoms with E-state index in [1.807, 2.05) is 68.6 Å². The second-order valence-corrected chi connectivity index (χ2v) is 7.41. The highest BCUT2D eigenvalue weighted by Crippen LogP contribution is 2.22. The van der Waals surface area contributed by atoms with Gasteiger partial charge in [0.15, 0.2) is 5.88 Å². The molecule has 1 aromatic heterocycles. The average Bonchev–Trinajstić information content (AvgIpc) is 2.76. The Morgan fingerprint density at radius 2 is 1.77 bits per heavy atom. The first-order chi connectivity index (χ1) is 14.4. The van der Waals surface area contributed by atoms with Crippen LogP contribution in [-0.4, -0.2) is 10.9 Å². The zero-order valence-corrected chi connectivity index (χ0v) is 17.9. The van der Waals surface area contributed by atoms with Crippen molar-refractivity contribution in [3.05, 3.63) is 102 Å². The highest BCUT2D eigenvalue weighted by atomic mass is 32.1. The minimum atomic E-state index is -0.221. The molecule has 3 aromatic rings. The van der Waals surface area contributed by atoms with Crippen LogP contribution in [0, 0.1) is 0 Å². The van der Waals surface area contributed by atoms with Gasteiger partial charge >= 0.3 is 0 Å². The number of amides is 1. The lowest BCUT2D eigenvalue weighted by molar-refractivity contribution is 0.102. The Hall–Kier alpha value is -3.25. The molecule has 154 valence electrons. The van der Waals surface area contributed by atoms with Crippen molar-refractivity contribution >= 4 is 24.2 Å². The van der Waals surface area contributed by atoms with Crippen LogP contribution in [0.5, 0.6) is 0 Å². The number of hydrogen-bond donors (Lipinski definition) is 3. The number of hydrogen-bond acceptors (Lipinski definition) is 5. The van der Waals surface area contributed by atoms with Gasteiger partial charge in [0, 0.05) is 22.9 Å². The Labute approximate surface area is 182 Å². The van der Waals surface area contributed by atoms with Gasteiger partial charge in [-0.05, 0) is 61.9 Å². The smallest absolute Gasteiger partial charge is 0.255 e. The predicted molar refractivity (Wildman–Crippen MR) is 123 cm³/mol. The van der Waals surface area contributed by atoms with Crippen LogP contribution in [0.1, 0.15) is 47.5 Å². The first-order valence-corrected chi connectivity index (χ1v) is 10.1. The Morgan fingerprint density at radius 1 is 1.03 bits per heavy atom. The summed E-state index contributed by atoms with van der Waals surface area (Å²) in [5.41, 5.74) is 3.23. The van der Waals surface area contributed by atoms with Gasteiger partial charge in [-0.15, -0.1) is 12.6 Å². The standard InChI is InChI=1S/C24H25N3O2S/c1-16(21-7-6-14-25-15-21)26-18(3)29-17(2)19-10-12-20(13-11-19)24(28)27-22-8-4-5-9-23(22)30/h4-17,26,30H,3H2,1-2H3,(H,27,28)/t16?,17-/m0/s1. The minimum Gasteiger partial charge on any atom is -0.472 e. The highest BCUT2D eigenvalue weighted by Gasteiger charge is 2.13. The van der Waals surface area contributed by atoms with Crippen LogP contribution < -0.4 is 10.6 Å². The fourth-order valence-corrected chi connectivity index (χ4v) is 3.17. The summed E-state index contributed by atoms with van der Waals surface area (Å²) in [5.74, 6) is 0.291. The molecule has 1 heterocycles. The van der Waals surface area contributed by atoms with E-state index < -0.39 is 0 Å². The molecular formula is C24H25N3O2S. The number of rotatable bonds is 8. The van der Waals surface area contributed by atoms with Gasteiger partial charge in [-0.3, -0.25) is 9.78 Å². The molecule has 0 radical (unpaired) electrons. The van der Waals surface area contributed by atoms with E-state index in [0.29, 0.717) is 17.1 Å². The number of aromatic nitrogens is 1. The number of ether oxygens (including phenoxy) is 1. The molecule has 6 heteroatoms. The fraction of sp³-hybridized carbons (Fsp3) is 0.167. The summed E-state index contributed by atoms with van der Waals surface area (Å²) >= 11 is 4.36. The van der Waals surface area contributed by atoms with E-state index in [2.05, 4.69) is 34.8 Å². The van der Waals surface area contributed by atoms with E-state index in [0.717, 1.165) is 16.0 Å². The van der Waals surface area contributed by atoms with E-state index in [4.69, 9.17) is 4.74 Å². The van der Waals surface area contributed by atoms with E-state index in [9.17, 15) is 4.79 Å². The fourth-order valence-electron chi connectivity index (χ4n) is 2.95. The Morgan fingerprint density at radius 3 is 2.43 bits per heavy atom. The zero-order chi connectivity index (χ0) is 21.5. The predicted octanol–water partition coefficient (Wildman–Crippen LogP) is 5.52. The van der Waals surface area contributed by atoms with Crippen LogP contribution >= 0.6 is 12.6 Å². The van der Waals surface area contributed by atoms with Crippen LogP contribution in [0.15, 0.2) is 90.4 Å². The van der Waals surface area contributed by atoms with E-state index in [-0.39, 0.29) is 18.1 Å². The van der Waals surface area contributed by atoms with Crippen molar-refractivity contribution in [2.24, 2.45) is 0 Å². The van der Waals surface area contributed by atoms with Gasteiger partial charge in [0.2, 0.25) is 0 Å². The Bertz CT molecular complexity index is 1010. The number of nitrogens with one attached hydrogen (secondary N) is 2. The molecule has 0 aliphatic rings. The van der Waals surface area contributed by atoms with Crippen LogP contribution in [-0.2, 0) is 4.74 Å². The third-order valence-electron chi connectivity index (χ3n) is 4.68. The summed E-state index contributed by atoms with van der Waals surface area (Å²) in [7, 11) is 0. The first-order valence-electron chi connectivity index (χ1n) is 9.65. The molecule has 0 aliphatic heterocycles. The minimum absolute atomic E-state index is 0.0270. The van der Waals surface area contributed by atoms with Crippen LogP contribution in [0.3, 0.4) is 0 Å². The summed E-state index contributed by atoms with van der Waals surface area (Å²) in [5, 5.41) is 6.10. The topological polar surface area (TPSA) is 63.3 Å². The molecule has 2 N–H and O–H groups in total. The molecule has 30 heavy (non-hydrogen) atoms. The number of para-hydroxylation sites is 1. The molecule has 0 bridgehead atoms. The number of nitrogens with zero attached hydrogens (tertiary/aromatic N) is 1. The van der Waals surface area contributed by atoms with Crippen molar-refractivity contribution in [3.8, 4) is 0 Å². The molecule has 0 saturated carbocycles. The van der Waals surface area contributed by atoms with Gasteiger partial charge in [-0.25, -0.2) is 0 Å². The van der Waals surface area contributed by atoms with Crippen molar-refractivity contribution < 1.29 is 9.53 Å². The van der Waals surface area contributed by atoms with Crippen molar-refractivity contribution in [3.63, 3.8) is 0 Å². The number of anilines is 1. The molecule has 3 rings (SSSR count). The molecule has 1 amide bonds. The summed E-state index contributed by atoms with van der Waals surface area (Å²) in [4.78, 5) is 17.3. The maximum absolute atomic E-state index is 12.5. The maximum Gasteiger partial charge on any atom is 0.255 e. The van der Waals surface area contributed by atoms with Gasteiger partial charge in [-0.1, -0.05) is 30.3 Å². The van der Waals surface area contributed by atoms with E-state index in [1.165, 1.54) is 0 Å². The highest BCUT2D eigenvalue weighted by molar-refractivity contribution is 7.80. The summed E-state index contributed by atoms with van der Waals surface area (Å²) in [6, 6.07) is 18.6. The molecule has 2 aromatic carbocycles. The third-order valence-corrected chi connectivity index (χ3v) is 5.07. The summed E-state index contributed by atoms with van der Waals surface area (Å²) in [6.07, 6.45) is 3.33. The lowest BCUT2D eigenvalue weighted by Gasteiger charge is -2.21. The molecular weight excluding hydrogens is 394 g/mol. The zero-order valence-electron chi connectivity index (χ0n) is 17.0. The third kappa shape index (κ3) is 5.64. The van der Waals surface area contributed by atoms with Crippen molar-refractivity contribution in [2.45, 2.75) is 30.9 Å². The van der Waals surface area contributed by atoms with Crippen molar-refractivity contribution in [1.82, 2.24) is 10.3 Å². The first kappa shape index (κ1) is 21.5. The lowest BCUT2D eigenvalue weighted by Crippen LogP contribution is -2.20. The Balaban J connectivity index is 1.56. The molecule has 0 fully saturated rings. The van der Waals surface area contributed by atoms with Crippen LogP contribution in [0.25, 0.3) is 0 Å². The SMILES string of the molecule is C=C(NC(C)c1cccnc1)O[C@@H](C)c1ccc(C(=O)Nc2ccccc2S)cc1. The normalized spacial score (nSPS) is 12.5. The average molecular weight is 420 g/mol. The van der Waals surface area contributed by atoms with Crippen LogP contribution in [0.4, 0.5) is 5.69 Å². The molecule has 2 atom stereocenters. The number of thiol groups is 1. The van der Waals surface area contributed by atoms with Crippen molar-refractivity contribution in [2.75, 3.05) is 5.32 Å². The summed E-state index contributed by atoms with van der Waals surface area (Å²) in [6.45, 7) is 7.92. The summed E-state index contributed by atoms with van der Waals surface area (Å²) < 4.78 is 5.90. The van der Waals surface area contributed by atoms with Gasteiger partial charge < -0.3 is 15.4 Å². The van der Waals surface area contributed by atoms with Gasteiger partial charge in [0.05, 0.1) is 11.7 Å². The monoisotopic (exact) mass is 419 g/mol. The lowest BCUT2D eigenvalue weighted by atomic mass is 10.1. The molecule has 0 aliphatic carbocycles. The number of carbonyl (C=O) groups excluding carboxylic acids is 1. The second-order valence-electron chi connectivity index (χ2n) is 6.93. The van der Waals surface area contributed by atoms with E-state index in [1.54, 1.807) is 18.3 Å². The molecule has 0 spiro atoms.